The molecule has 1 heterocycles. The summed E-state index contributed by atoms with van der Waals surface area (Å²) < 4.78 is 55.4. The van der Waals surface area contributed by atoms with E-state index in [-0.39, 0.29) is 54.7 Å². The van der Waals surface area contributed by atoms with Gasteiger partial charge in [0.05, 0.1) is 6.42 Å². The average Bonchev–Trinajstić information content (AvgIpc) is 2.58. The number of alkyl halides is 3. The first-order valence-corrected chi connectivity index (χ1v) is 7.76. The Labute approximate surface area is 171 Å². The highest BCUT2D eigenvalue weighted by Gasteiger charge is 2.26. The standard InChI is InChI=1S/C17H18F4N4O.HI/c1-22-16(24-9-7-17(19,20)21)25-11-12-4-3-8-23-15(12)26-14-6-2-5-13(18)10-14;/h2-6,8,10H,7,9,11H2,1H3,(H2,22,24,25);1H. The van der Waals surface area contributed by atoms with E-state index in [2.05, 4.69) is 20.6 Å². The summed E-state index contributed by atoms with van der Waals surface area (Å²) in [7, 11) is 1.45. The third-order valence-corrected chi connectivity index (χ3v) is 3.23. The number of benzene rings is 1. The molecule has 0 aliphatic carbocycles. The minimum atomic E-state index is -4.23. The van der Waals surface area contributed by atoms with E-state index in [1.165, 1.54) is 31.4 Å². The van der Waals surface area contributed by atoms with Crippen LogP contribution in [0.15, 0.2) is 47.6 Å². The molecular weight excluding hydrogens is 479 g/mol. The Morgan fingerprint density at radius 2 is 1.96 bits per heavy atom. The van der Waals surface area contributed by atoms with Crippen molar-refractivity contribution in [2.75, 3.05) is 13.6 Å². The molecule has 0 spiro atoms. The van der Waals surface area contributed by atoms with Crippen LogP contribution in [0.5, 0.6) is 11.6 Å². The zero-order valence-electron chi connectivity index (χ0n) is 14.4. The van der Waals surface area contributed by atoms with Crippen molar-refractivity contribution in [1.82, 2.24) is 15.6 Å². The maximum Gasteiger partial charge on any atom is 0.390 e. The van der Waals surface area contributed by atoms with E-state index in [1.807, 2.05) is 0 Å². The molecule has 5 nitrogen and oxygen atoms in total. The van der Waals surface area contributed by atoms with E-state index in [0.29, 0.717) is 5.56 Å². The van der Waals surface area contributed by atoms with E-state index < -0.39 is 18.4 Å². The Morgan fingerprint density at radius 3 is 2.63 bits per heavy atom. The molecule has 1 aromatic carbocycles. The number of nitrogens with one attached hydrogen (secondary N) is 2. The third kappa shape index (κ3) is 8.41. The Hall–Kier alpha value is -2.11. The van der Waals surface area contributed by atoms with Gasteiger partial charge in [-0.2, -0.15) is 13.2 Å². The van der Waals surface area contributed by atoms with Crippen molar-refractivity contribution in [2.24, 2.45) is 4.99 Å². The molecule has 10 heteroatoms. The number of pyridine rings is 1. The summed E-state index contributed by atoms with van der Waals surface area (Å²) in [6.45, 7) is -0.0763. The Balaban J connectivity index is 0.00000364. The molecule has 0 atom stereocenters. The molecular formula is C17H19F4IN4O. The molecule has 27 heavy (non-hydrogen) atoms. The first-order valence-electron chi connectivity index (χ1n) is 7.76. The Bertz CT molecular complexity index is 756. The highest BCUT2D eigenvalue weighted by atomic mass is 127. The minimum Gasteiger partial charge on any atom is -0.439 e. The number of guanidine groups is 1. The van der Waals surface area contributed by atoms with E-state index in [0.717, 1.165) is 0 Å². The molecule has 0 saturated carbocycles. The van der Waals surface area contributed by atoms with Crippen LogP contribution >= 0.6 is 24.0 Å². The lowest BCUT2D eigenvalue weighted by atomic mass is 10.2. The predicted molar refractivity (Wildman–Crippen MR) is 105 cm³/mol. The second kappa shape index (κ2) is 10.9. The van der Waals surface area contributed by atoms with Crippen molar-refractivity contribution in [3.63, 3.8) is 0 Å². The normalized spacial score (nSPS) is 11.5. The zero-order valence-corrected chi connectivity index (χ0v) is 16.7. The smallest absolute Gasteiger partial charge is 0.390 e. The van der Waals surface area contributed by atoms with Crippen molar-refractivity contribution in [1.29, 1.82) is 0 Å². The van der Waals surface area contributed by atoms with Crippen LogP contribution in [0.4, 0.5) is 17.6 Å². The molecule has 2 N–H and O–H groups in total. The fraction of sp³-hybridized carbons (Fsp3) is 0.294. The molecule has 0 bridgehead atoms. The third-order valence-electron chi connectivity index (χ3n) is 3.23. The first kappa shape index (κ1) is 22.9. The van der Waals surface area contributed by atoms with Crippen LogP contribution in [0.2, 0.25) is 0 Å². The van der Waals surface area contributed by atoms with Gasteiger partial charge in [0, 0.05) is 38.0 Å². The lowest BCUT2D eigenvalue weighted by molar-refractivity contribution is -0.132. The summed E-state index contributed by atoms with van der Waals surface area (Å²) >= 11 is 0. The van der Waals surface area contributed by atoms with Gasteiger partial charge in [-0.3, -0.25) is 4.99 Å². The molecule has 0 unspecified atom stereocenters. The molecule has 0 saturated heterocycles. The van der Waals surface area contributed by atoms with E-state index in [1.54, 1.807) is 18.2 Å². The lowest BCUT2D eigenvalue weighted by Gasteiger charge is -2.14. The lowest BCUT2D eigenvalue weighted by Crippen LogP contribution is -2.38. The van der Waals surface area contributed by atoms with Crippen LogP contribution in [0.25, 0.3) is 0 Å². The molecule has 0 radical (unpaired) electrons. The van der Waals surface area contributed by atoms with Crippen molar-refractivity contribution in [3.05, 3.63) is 54.0 Å². The van der Waals surface area contributed by atoms with Gasteiger partial charge in [0.15, 0.2) is 5.96 Å². The number of aromatic nitrogens is 1. The molecule has 0 amide bonds. The van der Waals surface area contributed by atoms with Crippen LogP contribution in [-0.4, -0.2) is 30.7 Å². The van der Waals surface area contributed by atoms with Crippen LogP contribution in [0.1, 0.15) is 12.0 Å². The number of nitrogens with zero attached hydrogens (tertiary/aromatic N) is 2. The number of hydrogen-bond donors (Lipinski definition) is 2. The summed E-state index contributed by atoms with van der Waals surface area (Å²) in [6.07, 6.45) is -3.68. The average molecular weight is 498 g/mol. The second-order valence-corrected chi connectivity index (χ2v) is 5.24. The maximum atomic E-state index is 13.3. The van der Waals surface area contributed by atoms with Crippen molar-refractivity contribution in [3.8, 4) is 11.6 Å². The monoisotopic (exact) mass is 498 g/mol. The van der Waals surface area contributed by atoms with Crippen molar-refractivity contribution >= 4 is 29.9 Å². The zero-order chi connectivity index (χ0) is 19.0. The molecule has 2 rings (SSSR count). The summed E-state index contributed by atoms with van der Waals surface area (Å²) in [5.74, 6) is 0.330. The summed E-state index contributed by atoms with van der Waals surface area (Å²) in [4.78, 5) is 7.97. The van der Waals surface area contributed by atoms with Gasteiger partial charge in [-0.15, -0.1) is 24.0 Å². The quantitative estimate of drug-likeness (QED) is 0.271. The van der Waals surface area contributed by atoms with Gasteiger partial charge in [0.1, 0.15) is 11.6 Å². The van der Waals surface area contributed by atoms with Gasteiger partial charge in [-0.25, -0.2) is 9.37 Å². The molecule has 0 fully saturated rings. The number of ether oxygens (including phenoxy) is 1. The summed E-state index contributed by atoms with van der Waals surface area (Å²) in [5.41, 5.74) is 0.635. The Kier molecular flexibility index (Phi) is 9.26. The number of hydrogen-bond acceptors (Lipinski definition) is 3. The van der Waals surface area contributed by atoms with Gasteiger partial charge < -0.3 is 15.4 Å². The molecule has 2 aromatic rings. The highest BCUT2D eigenvalue weighted by molar-refractivity contribution is 14.0. The predicted octanol–water partition coefficient (Wildman–Crippen LogP) is 4.25. The number of halogens is 5. The number of rotatable bonds is 6. The van der Waals surface area contributed by atoms with Crippen LogP contribution in [-0.2, 0) is 6.54 Å². The van der Waals surface area contributed by atoms with Crippen LogP contribution < -0.4 is 15.4 Å². The second-order valence-electron chi connectivity index (χ2n) is 5.24. The maximum absolute atomic E-state index is 13.3. The number of aliphatic imine (C=N–C) groups is 1. The fourth-order valence-electron chi connectivity index (χ4n) is 2.01. The van der Waals surface area contributed by atoms with Gasteiger partial charge in [0.2, 0.25) is 5.88 Å². The Morgan fingerprint density at radius 1 is 1.19 bits per heavy atom. The van der Waals surface area contributed by atoms with Crippen LogP contribution in [0, 0.1) is 5.82 Å². The van der Waals surface area contributed by atoms with E-state index >= 15 is 0 Å². The SMILES string of the molecule is CN=C(NCCC(F)(F)F)NCc1cccnc1Oc1cccc(F)c1.I. The van der Waals surface area contributed by atoms with Gasteiger partial charge in [-0.1, -0.05) is 12.1 Å². The van der Waals surface area contributed by atoms with Gasteiger partial charge in [-0.05, 0) is 18.2 Å². The topological polar surface area (TPSA) is 58.5 Å². The first-order chi connectivity index (χ1) is 12.4. The van der Waals surface area contributed by atoms with Crippen molar-refractivity contribution < 1.29 is 22.3 Å². The fourth-order valence-corrected chi connectivity index (χ4v) is 2.01. The van der Waals surface area contributed by atoms with Crippen LogP contribution in [0.3, 0.4) is 0 Å². The summed E-state index contributed by atoms with van der Waals surface area (Å²) in [5, 5.41) is 5.47. The molecule has 0 aliphatic rings. The molecule has 1 aromatic heterocycles. The van der Waals surface area contributed by atoms with E-state index in [4.69, 9.17) is 4.74 Å². The molecule has 148 valence electrons. The van der Waals surface area contributed by atoms with Crippen molar-refractivity contribution in [2.45, 2.75) is 19.1 Å². The van der Waals surface area contributed by atoms with E-state index in [9.17, 15) is 17.6 Å². The minimum absolute atomic E-state index is 0. The van der Waals surface area contributed by atoms with Gasteiger partial charge >= 0.3 is 6.18 Å². The largest absolute Gasteiger partial charge is 0.439 e. The molecule has 0 aliphatic heterocycles. The highest BCUT2D eigenvalue weighted by Crippen LogP contribution is 2.23. The summed E-state index contributed by atoms with van der Waals surface area (Å²) in [6, 6.07) is 9.05. The van der Waals surface area contributed by atoms with Gasteiger partial charge in [0.25, 0.3) is 0 Å².